The number of aromatic nitrogens is 2. The van der Waals surface area contributed by atoms with Gasteiger partial charge in [-0.05, 0) is 55.5 Å². The first kappa shape index (κ1) is 24.0. The monoisotopic (exact) mass is 518 g/mol. The number of anilines is 1. The van der Waals surface area contributed by atoms with Gasteiger partial charge in [0.2, 0.25) is 11.8 Å². The Hall–Kier alpha value is -4.10. The predicted molar refractivity (Wildman–Crippen MR) is 150 cm³/mol. The second kappa shape index (κ2) is 8.20. The van der Waals surface area contributed by atoms with Gasteiger partial charge in [-0.1, -0.05) is 62.4 Å². The van der Waals surface area contributed by atoms with Crippen LogP contribution in [-0.2, 0) is 15.1 Å². The van der Waals surface area contributed by atoms with Gasteiger partial charge >= 0.3 is 0 Å². The number of rotatable bonds is 3. The highest BCUT2D eigenvalue weighted by Gasteiger charge is 2.69. The van der Waals surface area contributed by atoms with Crippen molar-refractivity contribution >= 4 is 28.4 Å². The maximum atomic E-state index is 14.6. The molecule has 7 heteroatoms. The molecule has 196 valence electrons. The Labute approximate surface area is 226 Å². The van der Waals surface area contributed by atoms with E-state index in [1.807, 2.05) is 74.5 Å². The highest BCUT2D eigenvalue weighted by Crippen LogP contribution is 2.56. The molecule has 1 spiro atoms. The topological polar surface area (TPSA) is 84.3 Å². The minimum atomic E-state index is -1.11. The summed E-state index contributed by atoms with van der Waals surface area (Å²) in [5, 5.41) is 4.30. The Morgan fingerprint density at radius 3 is 2.33 bits per heavy atom. The molecule has 4 aromatic rings. The molecule has 1 N–H and O–H groups in total. The molecular weight excluding hydrogens is 488 g/mol. The van der Waals surface area contributed by atoms with Crippen molar-refractivity contribution in [2.75, 3.05) is 4.90 Å². The standard InChI is InChI=1S/C32H30N4O3/c1-17(2)16-23-25-26(30(39)36(29(25)38)27-18(3)10-9-11-19(27)4)32(34-23)21-13-6-8-15-24(21)35-28(37)20-12-5-7-14-22(20)33-31(32)35/h5-15,17,23,25-26,34H,16H2,1-4H3/t23?,25-,26+,32?/m0/s1. The molecule has 2 amide bonds. The van der Waals surface area contributed by atoms with E-state index in [-0.39, 0.29) is 23.4 Å². The largest absolute Gasteiger partial charge is 0.297 e. The molecular formula is C32H30N4O3. The highest BCUT2D eigenvalue weighted by atomic mass is 16.2. The van der Waals surface area contributed by atoms with E-state index in [1.165, 1.54) is 4.90 Å². The van der Waals surface area contributed by atoms with E-state index in [2.05, 4.69) is 19.2 Å². The molecule has 2 fully saturated rings. The molecule has 3 aliphatic rings. The van der Waals surface area contributed by atoms with Crippen molar-refractivity contribution in [3.8, 4) is 5.69 Å². The number of benzene rings is 3. The van der Waals surface area contributed by atoms with E-state index in [0.717, 1.165) is 16.7 Å². The van der Waals surface area contributed by atoms with Crippen LogP contribution in [0.4, 0.5) is 5.69 Å². The quantitative estimate of drug-likeness (QED) is 0.407. The number of aryl methyl sites for hydroxylation is 2. The lowest BCUT2D eigenvalue weighted by atomic mass is 9.75. The fraction of sp³-hybridized carbons (Fsp3) is 0.312. The van der Waals surface area contributed by atoms with Crippen LogP contribution in [0.2, 0.25) is 0 Å². The van der Waals surface area contributed by atoms with Crippen molar-refractivity contribution in [1.82, 2.24) is 14.9 Å². The van der Waals surface area contributed by atoms with Crippen molar-refractivity contribution in [2.24, 2.45) is 17.8 Å². The molecule has 2 saturated heterocycles. The molecule has 4 atom stereocenters. The lowest BCUT2D eigenvalue weighted by Crippen LogP contribution is -2.50. The summed E-state index contributed by atoms with van der Waals surface area (Å²) in [7, 11) is 0. The average molecular weight is 519 g/mol. The van der Waals surface area contributed by atoms with Gasteiger partial charge in [0.15, 0.2) is 0 Å². The summed E-state index contributed by atoms with van der Waals surface area (Å²) in [4.78, 5) is 49.3. The Bertz CT molecular complexity index is 1750. The van der Waals surface area contributed by atoms with Crippen LogP contribution in [0.3, 0.4) is 0 Å². The molecule has 4 heterocycles. The van der Waals surface area contributed by atoms with Gasteiger partial charge in [0, 0.05) is 11.6 Å². The molecule has 7 rings (SSSR count). The van der Waals surface area contributed by atoms with Gasteiger partial charge < -0.3 is 0 Å². The number of carbonyl (C=O) groups excluding carboxylic acids is 2. The molecule has 0 bridgehead atoms. The van der Waals surface area contributed by atoms with E-state index in [9.17, 15) is 14.4 Å². The van der Waals surface area contributed by atoms with Crippen LogP contribution in [-0.4, -0.2) is 27.4 Å². The van der Waals surface area contributed by atoms with Gasteiger partial charge in [0.1, 0.15) is 11.4 Å². The van der Waals surface area contributed by atoms with Crippen molar-refractivity contribution in [2.45, 2.75) is 45.7 Å². The number of hydrogen-bond donors (Lipinski definition) is 1. The lowest BCUT2D eigenvalue weighted by Gasteiger charge is -2.32. The lowest BCUT2D eigenvalue weighted by molar-refractivity contribution is -0.123. The maximum Gasteiger partial charge on any atom is 0.266 e. The number of nitrogens with one attached hydrogen (secondary N) is 1. The molecule has 1 aromatic heterocycles. The smallest absolute Gasteiger partial charge is 0.266 e. The summed E-state index contributed by atoms with van der Waals surface area (Å²) in [6.07, 6.45) is 0.711. The third-order valence-corrected chi connectivity index (χ3v) is 8.75. The van der Waals surface area contributed by atoms with Gasteiger partial charge in [-0.15, -0.1) is 0 Å². The Kier molecular flexibility index (Phi) is 5.04. The first-order valence-corrected chi connectivity index (χ1v) is 13.6. The van der Waals surface area contributed by atoms with E-state index in [4.69, 9.17) is 4.98 Å². The third kappa shape index (κ3) is 3.02. The minimum absolute atomic E-state index is 0.172. The van der Waals surface area contributed by atoms with Crippen molar-refractivity contribution < 1.29 is 9.59 Å². The Morgan fingerprint density at radius 1 is 0.897 bits per heavy atom. The molecule has 3 aromatic carbocycles. The van der Waals surface area contributed by atoms with E-state index < -0.39 is 17.4 Å². The zero-order valence-electron chi connectivity index (χ0n) is 22.4. The number of hydrogen-bond acceptors (Lipinski definition) is 5. The minimum Gasteiger partial charge on any atom is -0.297 e. The molecule has 0 aliphatic carbocycles. The summed E-state index contributed by atoms with van der Waals surface area (Å²) in [6.45, 7) is 8.12. The molecule has 2 unspecified atom stereocenters. The number of para-hydroxylation sites is 3. The number of carbonyl (C=O) groups is 2. The van der Waals surface area contributed by atoms with Crippen LogP contribution < -0.4 is 15.8 Å². The Morgan fingerprint density at radius 2 is 1.59 bits per heavy atom. The van der Waals surface area contributed by atoms with Crippen LogP contribution in [0, 0.1) is 31.6 Å². The zero-order valence-corrected chi connectivity index (χ0v) is 22.4. The van der Waals surface area contributed by atoms with E-state index in [0.29, 0.717) is 40.4 Å². The number of imide groups is 1. The predicted octanol–water partition coefficient (Wildman–Crippen LogP) is 4.38. The van der Waals surface area contributed by atoms with Crippen molar-refractivity contribution in [3.05, 3.63) is 99.6 Å². The molecule has 7 nitrogen and oxygen atoms in total. The molecule has 39 heavy (non-hydrogen) atoms. The van der Waals surface area contributed by atoms with Crippen LogP contribution in [0.5, 0.6) is 0 Å². The number of fused-ring (bicyclic) bond motifs is 8. The first-order valence-electron chi connectivity index (χ1n) is 13.6. The number of nitrogens with zero attached hydrogens (tertiary/aromatic N) is 3. The van der Waals surface area contributed by atoms with Crippen LogP contribution in [0.25, 0.3) is 16.6 Å². The highest BCUT2D eigenvalue weighted by molar-refractivity contribution is 6.24. The van der Waals surface area contributed by atoms with Gasteiger partial charge in [0.05, 0.1) is 34.1 Å². The molecule has 0 radical (unpaired) electrons. The van der Waals surface area contributed by atoms with E-state index >= 15 is 0 Å². The average Bonchev–Trinajstić information content (AvgIpc) is 3.48. The van der Waals surface area contributed by atoms with Crippen LogP contribution >= 0.6 is 0 Å². The third-order valence-electron chi connectivity index (χ3n) is 8.75. The second-order valence-electron chi connectivity index (χ2n) is 11.6. The van der Waals surface area contributed by atoms with Gasteiger partial charge in [0.25, 0.3) is 5.56 Å². The van der Waals surface area contributed by atoms with Crippen molar-refractivity contribution in [3.63, 3.8) is 0 Å². The van der Waals surface area contributed by atoms with E-state index in [1.54, 1.807) is 10.6 Å². The summed E-state index contributed by atoms with van der Waals surface area (Å²) >= 11 is 0. The molecule has 0 saturated carbocycles. The summed E-state index contributed by atoms with van der Waals surface area (Å²) in [5.74, 6) is -0.974. The summed E-state index contributed by atoms with van der Waals surface area (Å²) < 4.78 is 1.65. The second-order valence-corrected chi connectivity index (χ2v) is 11.6. The molecule has 3 aliphatic heterocycles. The Balaban J connectivity index is 1.54. The van der Waals surface area contributed by atoms with Crippen LogP contribution in [0.1, 0.15) is 42.8 Å². The first-order chi connectivity index (χ1) is 18.8. The SMILES string of the molecule is Cc1cccc(C)c1N1C(=O)[C@H]2C(CC(C)C)NC3(c4ccccc4-n4c3nc3ccccc3c4=O)[C@H]2C1=O. The zero-order chi connectivity index (χ0) is 27.2. The number of amides is 2. The van der Waals surface area contributed by atoms with Crippen molar-refractivity contribution in [1.29, 1.82) is 0 Å². The fourth-order valence-electron chi connectivity index (χ4n) is 7.31. The van der Waals surface area contributed by atoms with Gasteiger partial charge in [-0.3, -0.25) is 24.3 Å². The van der Waals surface area contributed by atoms with Gasteiger partial charge in [-0.25, -0.2) is 9.88 Å². The summed E-state index contributed by atoms with van der Waals surface area (Å²) in [6, 6.07) is 20.5. The maximum absolute atomic E-state index is 14.6. The fourth-order valence-corrected chi connectivity index (χ4v) is 7.31. The van der Waals surface area contributed by atoms with Crippen LogP contribution in [0.15, 0.2) is 71.5 Å². The van der Waals surface area contributed by atoms with Gasteiger partial charge in [-0.2, -0.15) is 0 Å². The summed E-state index contributed by atoms with van der Waals surface area (Å²) in [5.41, 5.74) is 3.24. The normalized spacial score (nSPS) is 25.2.